The molecule has 9 heteroatoms. The van der Waals surface area contributed by atoms with Crippen LogP contribution in [0.3, 0.4) is 0 Å². The van der Waals surface area contributed by atoms with E-state index in [1.165, 1.54) is 6.21 Å². The monoisotopic (exact) mass is 442 g/mol. The van der Waals surface area contributed by atoms with E-state index in [1.54, 1.807) is 18.2 Å². The summed E-state index contributed by atoms with van der Waals surface area (Å²) in [6.45, 7) is 3.73. The van der Waals surface area contributed by atoms with E-state index in [0.717, 1.165) is 24.0 Å². The van der Waals surface area contributed by atoms with Gasteiger partial charge in [0, 0.05) is 22.3 Å². The number of ether oxygens (including phenoxy) is 1. The number of aryl methyl sites for hydroxylation is 2. The van der Waals surface area contributed by atoms with Crippen LogP contribution in [0, 0.1) is 13.8 Å². The molecule has 1 aliphatic carbocycles. The molecule has 3 N–H and O–H groups in total. The molecule has 162 valence electrons. The van der Waals surface area contributed by atoms with Crippen LogP contribution < -0.4 is 20.8 Å². The fraction of sp³-hybridized carbons (Fsp3) is 0.273. The minimum Gasteiger partial charge on any atom is -0.483 e. The van der Waals surface area contributed by atoms with Gasteiger partial charge in [-0.25, -0.2) is 5.43 Å². The van der Waals surface area contributed by atoms with Crippen molar-refractivity contribution < 1.29 is 19.1 Å². The molecular formula is C22H23ClN4O4. The Morgan fingerprint density at radius 2 is 1.87 bits per heavy atom. The van der Waals surface area contributed by atoms with E-state index >= 15 is 0 Å². The average molecular weight is 443 g/mol. The predicted octanol–water partition coefficient (Wildman–Crippen LogP) is 2.70. The van der Waals surface area contributed by atoms with Gasteiger partial charge in [-0.2, -0.15) is 5.10 Å². The van der Waals surface area contributed by atoms with Gasteiger partial charge in [-0.1, -0.05) is 17.7 Å². The lowest BCUT2D eigenvalue weighted by Gasteiger charge is -2.11. The predicted molar refractivity (Wildman–Crippen MR) is 118 cm³/mol. The van der Waals surface area contributed by atoms with Crippen LogP contribution in [0.2, 0.25) is 5.02 Å². The molecule has 8 nitrogen and oxygen atoms in total. The van der Waals surface area contributed by atoms with Crippen LogP contribution in [0.4, 0.5) is 5.69 Å². The molecule has 2 aromatic rings. The lowest BCUT2D eigenvalue weighted by Crippen LogP contribution is -2.38. The molecule has 31 heavy (non-hydrogen) atoms. The maximum Gasteiger partial charge on any atom is 0.329 e. The van der Waals surface area contributed by atoms with E-state index in [9.17, 15) is 14.4 Å². The van der Waals surface area contributed by atoms with Crippen molar-refractivity contribution in [2.45, 2.75) is 32.7 Å². The van der Waals surface area contributed by atoms with Crippen molar-refractivity contribution in [2.24, 2.45) is 5.10 Å². The molecule has 0 atom stereocenters. The van der Waals surface area contributed by atoms with Crippen LogP contribution in [0.5, 0.6) is 5.75 Å². The standard InChI is InChI=1S/C22H23ClN4O4/c1-13-3-5-18(9-14(13)2)25-20(28)12-31-19-8-4-16(23)10-15(19)11-24-27-22(30)21(29)26-17-6-7-17/h3-5,8-11,17H,6-7,12H2,1-2H3,(H,25,28)(H,26,29)(H,27,30)/b24-11-. The van der Waals surface area contributed by atoms with Crippen molar-refractivity contribution >= 4 is 41.2 Å². The summed E-state index contributed by atoms with van der Waals surface area (Å²) < 4.78 is 5.59. The van der Waals surface area contributed by atoms with Crippen LogP contribution in [0.25, 0.3) is 0 Å². The highest BCUT2D eigenvalue weighted by atomic mass is 35.5. The smallest absolute Gasteiger partial charge is 0.329 e. The van der Waals surface area contributed by atoms with E-state index in [4.69, 9.17) is 16.3 Å². The number of rotatable bonds is 7. The Labute approximate surface area is 185 Å². The van der Waals surface area contributed by atoms with Gasteiger partial charge in [-0.05, 0) is 68.1 Å². The number of hydrogen-bond donors (Lipinski definition) is 3. The summed E-state index contributed by atoms with van der Waals surface area (Å²) in [4.78, 5) is 35.6. The first-order chi connectivity index (χ1) is 14.8. The molecule has 2 aromatic carbocycles. The SMILES string of the molecule is Cc1ccc(NC(=O)COc2ccc(Cl)cc2/C=N\NC(=O)C(=O)NC2CC2)cc1C. The summed E-state index contributed by atoms with van der Waals surface area (Å²) in [7, 11) is 0. The lowest BCUT2D eigenvalue weighted by atomic mass is 10.1. The average Bonchev–Trinajstić information content (AvgIpc) is 3.54. The first kappa shape index (κ1) is 22.3. The van der Waals surface area contributed by atoms with Gasteiger partial charge in [0.05, 0.1) is 6.21 Å². The second-order valence-corrected chi connectivity index (χ2v) is 7.70. The third-order valence-electron chi connectivity index (χ3n) is 4.61. The van der Waals surface area contributed by atoms with Gasteiger partial charge < -0.3 is 15.4 Å². The summed E-state index contributed by atoms with van der Waals surface area (Å²) in [5.74, 6) is -1.57. The quantitative estimate of drug-likeness (QED) is 0.348. The number of halogens is 1. The molecule has 0 radical (unpaired) electrons. The zero-order chi connectivity index (χ0) is 22.4. The largest absolute Gasteiger partial charge is 0.483 e. The fourth-order valence-corrected chi connectivity index (χ4v) is 2.78. The molecule has 1 fully saturated rings. The number of hydrazone groups is 1. The Morgan fingerprint density at radius 1 is 1.10 bits per heavy atom. The number of nitrogens with one attached hydrogen (secondary N) is 3. The molecule has 0 aromatic heterocycles. The number of nitrogens with zero attached hydrogens (tertiary/aromatic N) is 1. The van der Waals surface area contributed by atoms with Gasteiger partial charge in [-0.15, -0.1) is 0 Å². The number of hydrogen-bond acceptors (Lipinski definition) is 5. The van der Waals surface area contributed by atoms with E-state index in [1.807, 2.05) is 32.0 Å². The Morgan fingerprint density at radius 3 is 2.58 bits per heavy atom. The molecule has 3 amide bonds. The Hall–Kier alpha value is -3.39. The Kier molecular flexibility index (Phi) is 7.25. The summed E-state index contributed by atoms with van der Waals surface area (Å²) in [5.41, 5.74) is 5.49. The van der Waals surface area contributed by atoms with Gasteiger partial charge in [-0.3, -0.25) is 14.4 Å². The molecular weight excluding hydrogens is 420 g/mol. The Balaban J connectivity index is 1.57. The number of benzene rings is 2. The Bertz CT molecular complexity index is 1030. The minimum atomic E-state index is -0.861. The van der Waals surface area contributed by atoms with Crippen LogP contribution in [0.1, 0.15) is 29.5 Å². The number of amides is 3. The van der Waals surface area contributed by atoms with Crippen LogP contribution >= 0.6 is 11.6 Å². The summed E-state index contributed by atoms with van der Waals surface area (Å²) in [6, 6.07) is 10.5. The summed E-state index contributed by atoms with van der Waals surface area (Å²) in [6.07, 6.45) is 3.05. The van der Waals surface area contributed by atoms with Crippen molar-refractivity contribution in [3.8, 4) is 5.75 Å². The van der Waals surface area contributed by atoms with Crippen molar-refractivity contribution in [3.05, 3.63) is 58.1 Å². The maximum absolute atomic E-state index is 12.2. The molecule has 0 spiro atoms. The van der Waals surface area contributed by atoms with Crippen LogP contribution in [0.15, 0.2) is 41.5 Å². The van der Waals surface area contributed by atoms with Gasteiger partial charge in [0.25, 0.3) is 5.91 Å². The van der Waals surface area contributed by atoms with Gasteiger partial charge in [0.2, 0.25) is 0 Å². The molecule has 1 saturated carbocycles. The van der Waals surface area contributed by atoms with Crippen LogP contribution in [-0.2, 0) is 14.4 Å². The molecule has 0 saturated heterocycles. The molecule has 0 heterocycles. The molecule has 0 bridgehead atoms. The van der Waals surface area contributed by atoms with Crippen molar-refractivity contribution in [3.63, 3.8) is 0 Å². The topological polar surface area (TPSA) is 109 Å². The zero-order valence-electron chi connectivity index (χ0n) is 17.2. The molecule has 0 aliphatic heterocycles. The van der Waals surface area contributed by atoms with Crippen LogP contribution in [-0.4, -0.2) is 36.6 Å². The highest BCUT2D eigenvalue weighted by Crippen LogP contribution is 2.22. The first-order valence-electron chi connectivity index (χ1n) is 9.75. The second-order valence-electron chi connectivity index (χ2n) is 7.26. The first-order valence-corrected chi connectivity index (χ1v) is 10.1. The van der Waals surface area contributed by atoms with Gasteiger partial charge in [0.15, 0.2) is 6.61 Å². The van der Waals surface area contributed by atoms with E-state index in [-0.39, 0.29) is 18.6 Å². The van der Waals surface area contributed by atoms with Gasteiger partial charge in [0.1, 0.15) is 5.75 Å². The fourth-order valence-electron chi connectivity index (χ4n) is 2.60. The summed E-state index contributed by atoms with van der Waals surface area (Å²) in [5, 5.41) is 9.55. The van der Waals surface area contributed by atoms with E-state index < -0.39 is 11.8 Å². The third-order valence-corrected chi connectivity index (χ3v) is 4.84. The van der Waals surface area contributed by atoms with Crippen molar-refractivity contribution in [2.75, 3.05) is 11.9 Å². The maximum atomic E-state index is 12.2. The highest BCUT2D eigenvalue weighted by molar-refractivity contribution is 6.35. The second kappa shape index (κ2) is 10.1. The number of anilines is 1. The summed E-state index contributed by atoms with van der Waals surface area (Å²) >= 11 is 6.02. The van der Waals surface area contributed by atoms with Gasteiger partial charge >= 0.3 is 11.8 Å². The highest BCUT2D eigenvalue weighted by Gasteiger charge is 2.26. The molecule has 1 aliphatic rings. The van der Waals surface area contributed by atoms with Crippen molar-refractivity contribution in [1.29, 1.82) is 0 Å². The molecule has 3 rings (SSSR count). The number of carbonyl (C=O) groups is 3. The minimum absolute atomic E-state index is 0.0742. The molecule has 0 unspecified atom stereocenters. The van der Waals surface area contributed by atoms with E-state index in [0.29, 0.717) is 22.0 Å². The normalized spacial score (nSPS) is 13.0. The van der Waals surface area contributed by atoms with E-state index in [2.05, 4.69) is 21.2 Å². The lowest BCUT2D eigenvalue weighted by molar-refractivity contribution is -0.139. The zero-order valence-corrected chi connectivity index (χ0v) is 18.0. The number of carbonyl (C=O) groups excluding carboxylic acids is 3. The van der Waals surface area contributed by atoms with Crippen molar-refractivity contribution in [1.82, 2.24) is 10.7 Å². The third kappa shape index (κ3) is 6.82.